The minimum absolute atomic E-state index is 0.692. The molecule has 0 saturated carbocycles. The quantitative estimate of drug-likeness (QED) is 0.612. The van der Waals surface area contributed by atoms with Gasteiger partial charge in [0.15, 0.2) is 0 Å². The van der Waals surface area contributed by atoms with Crippen molar-refractivity contribution in [1.82, 2.24) is 9.97 Å². The Morgan fingerprint density at radius 3 is 2.36 bits per heavy atom. The Bertz CT molecular complexity index is 260. The summed E-state index contributed by atoms with van der Waals surface area (Å²) in [7, 11) is 1.25. The predicted molar refractivity (Wildman–Crippen MR) is 35.6 cm³/mol. The van der Waals surface area contributed by atoms with Crippen LogP contribution in [0.15, 0.2) is 12.4 Å². The van der Waals surface area contributed by atoms with Crippen molar-refractivity contribution in [1.29, 1.82) is 0 Å². The Kier molecular flexibility index (Phi) is 2.09. The van der Waals surface area contributed by atoms with Crippen LogP contribution in [0, 0.1) is 5.95 Å². The fraction of sp³-hybridized carbons (Fsp3) is 0.200. The largest absolute Gasteiger partial charge is 0.301 e. The van der Waals surface area contributed by atoms with Gasteiger partial charge in [-0.25, -0.2) is 4.98 Å². The zero-order chi connectivity index (χ0) is 8.48. The Labute approximate surface area is 63.1 Å². The van der Waals surface area contributed by atoms with E-state index in [4.69, 9.17) is 0 Å². The highest BCUT2D eigenvalue weighted by molar-refractivity contribution is 7.17. The fourth-order valence-corrected chi connectivity index (χ4v) is 0.642. The standard InChI is InChI=1S/C5H4F3N2P/c6-4-2-9-1-3(10-4)5(7,8)11/h1-2H,11H2. The maximum absolute atomic E-state index is 12.3. The third kappa shape index (κ3) is 2.12. The highest BCUT2D eigenvalue weighted by Gasteiger charge is 2.26. The molecule has 0 amide bonds. The topological polar surface area (TPSA) is 25.8 Å². The molecule has 1 unspecified atom stereocenters. The molecule has 1 aromatic heterocycles. The molecule has 0 fully saturated rings. The van der Waals surface area contributed by atoms with E-state index in [0.29, 0.717) is 0 Å². The van der Waals surface area contributed by atoms with Gasteiger partial charge in [-0.3, -0.25) is 4.98 Å². The van der Waals surface area contributed by atoms with Crippen molar-refractivity contribution in [2.24, 2.45) is 0 Å². The smallest absolute Gasteiger partial charge is 0.258 e. The molecule has 0 radical (unpaired) electrons. The second-order valence-corrected chi connectivity index (χ2v) is 2.58. The Balaban J connectivity index is 3.06. The summed E-state index contributed by atoms with van der Waals surface area (Å²) >= 11 is 0. The van der Waals surface area contributed by atoms with E-state index in [-0.39, 0.29) is 0 Å². The van der Waals surface area contributed by atoms with Crippen LogP contribution in [0.1, 0.15) is 5.69 Å². The summed E-state index contributed by atoms with van der Waals surface area (Å²) in [6.07, 6.45) is 1.58. The van der Waals surface area contributed by atoms with Crippen molar-refractivity contribution in [2.75, 3.05) is 0 Å². The van der Waals surface area contributed by atoms with Gasteiger partial charge in [-0.2, -0.15) is 13.2 Å². The third-order valence-corrected chi connectivity index (χ3v) is 1.24. The molecule has 60 valence electrons. The first kappa shape index (κ1) is 8.40. The molecule has 11 heavy (non-hydrogen) atoms. The van der Waals surface area contributed by atoms with Gasteiger partial charge in [0, 0.05) is 0 Å². The first-order chi connectivity index (χ1) is 5.00. The first-order valence-electron chi connectivity index (χ1n) is 2.65. The van der Waals surface area contributed by atoms with Crippen molar-refractivity contribution in [3.05, 3.63) is 24.0 Å². The molecule has 0 aliphatic heterocycles. The SMILES string of the molecule is Fc1cncc(C(F)(F)P)n1. The van der Waals surface area contributed by atoms with Crippen LogP contribution < -0.4 is 0 Å². The lowest BCUT2D eigenvalue weighted by Gasteiger charge is -2.06. The molecule has 2 nitrogen and oxygen atoms in total. The molecule has 1 rings (SSSR count). The fourth-order valence-electron chi connectivity index (χ4n) is 0.503. The van der Waals surface area contributed by atoms with Gasteiger partial charge in [0.05, 0.1) is 12.4 Å². The van der Waals surface area contributed by atoms with Crippen LogP contribution in [-0.2, 0) is 5.66 Å². The second-order valence-electron chi connectivity index (χ2n) is 1.85. The van der Waals surface area contributed by atoms with E-state index in [1.165, 1.54) is 9.24 Å². The molecular weight excluding hydrogens is 176 g/mol. The van der Waals surface area contributed by atoms with Crippen LogP contribution in [0.2, 0.25) is 0 Å². The number of nitrogens with zero attached hydrogens (tertiary/aromatic N) is 2. The molecule has 0 N–H and O–H groups in total. The molecule has 1 aromatic rings. The molecule has 0 aromatic carbocycles. The molecule has 1 atom stereocenters. The predicted octanol–water partition coefficient (Wildman–Crippen LogP) is 1.54. The second kappa shape index (κ2) is 2.74. The van der Waals surface area contributed by atoms with E-state index < -0.39 is 17.3 Å². The summed E-state index contributed by atoms with van der Waals surface area (Å²) in [6, 6.07) is 0. The summed E-state index contributed by atoms with van der Waals surface area (Å²) in [5, 5.41) is 0. The number of halogens is 3. The van der Waals surface area contributed by atoms with Crippen LogP contribution >= 0.6 is 9.24 Å². The van der Waals surface area contributed by atoms with Gasteiger partial charge in [-0.05, 0) is 0 Å². The highest BCUT2D eigenvalue weighted by Crippen LogP contribution is 2.32. The lowest BCUT2D eigenvalue weighted by Crippen LogP contribution is -2.07. The highest BCUT2D eigenvalue weighted by atomic mass is 31.0. The minimum Gasteiger partial charge on any atom is -0.258 e. The number of aromatic nitrogens is 2. The van der Waals surface area contributed by atoms with Gasteiger partial charge in [-0.15, -0.1) is 0 Å². The van der Waals surface area contributed by atoms with Gasteiger partial charge in [0.25, 0.3) is 0 Å². The maximum atomic E-state index is 12.3. The molecule has 1 heterocycles. The Hall–Kier alpha value is -0.700. The summed E-state index contributed by atoms with van der Waals surface area (Å²) in [5.41, 5.74) is -3.91. The zero-order valence-corrected chi connectivity index (χ0v) is 6.42. The van der Waals surface area contributed by atoms with Crippen LogP contribution in [0.3, 0.4) is 0 Å². The third-order valence-electron chi connectivity index (χ3n) is 0.947. The van der Waals surface area contributed by atoms with E-state index in [9.17, 15) is 13.2 Å². The molecule has 0 bridgehead atoms. The van der Waals surface area contributed by atoms with Crippen LogP contribution in [-0.4, -0.2) is 9.97 Å². The van der Waals surface area contributed by atoms with Crippen LogP contribution in [0.25, 0.3) is 0 Å². The van der Waals surface area contributed by atoms with Crippen molar-refractivity contribution in [3.8, 4) is 0 Å². The monoisotopic (exact) mass is 180 g/mol. The molecule has 0 spiro atoms. The maximum Gasteiger partial charge on any atom is 0.301 e. The van der Waals surface area contributed by atoms with Crippen molar-refractivity contribution >= 4 is 9.24 Å². The van der Waals surface area contributed by atoms with E-state index in [1.807, 2.05) is 0 Å². The van der Waals surface area contributed by atoms with Gasteiger partial charge in [0.1, 0.15) is 5.69 Å². The average molecular weight is 180 g/mol. The Morgan fingerprint density at radius 2 is 2.00 bits per heavy atom. The van der Waals surface area contributed by atoms with Crippen molar-refractivity contribution in [3.63, 3.8) is 0 Å². The number of rotatable bonds is 1. The van der Waals surface area contributed by atoms with Crippen LogP contribution in [0.5, 0.6) is 0 Å². The summed E-state index contributed by atoms with van der Waals surface area (Å²) in [6.45, 7) is 0. The van der Waals surface area contributed by atoms with Gasteiger partial charge in [-0.1, -0.05) is 9.24 Å². The van der Waals surface area contributed by atoms with Crippen LogP contribution in [0.4, 0.5) is 13.2 Å². The van der Waals surface area contributed by atoms with E-state index >= 15 is 0 Å². The molecule has 6 heteroatoms. The van der Waals surface area contributed by atoms with E-state index in [0.717, 1.165) is 12.4 Å². The lowest BCUT2D eigenvalue weighted by molar-refractivity contribution is 0.0969. The number of hydrogen-bond acceptors (Lipinski definition) is 2. The summed E-state index contributed by atoms with van der Waals surface area (Å²) in [4.78, 5) is 6.16. The summed E-state index contributed by atoms with van der Waals surface area (Å²) in [5.74, 6) is -1.01. The van der Waals surface area contributed by atoms with Gasteiger partial charge < -0.3 is 0 Å². The van der Waals surface area contributed by atoms with Crippen molar-refractivity contribution in [2.45, 2.75) is 5.66 Å². The van der Waals surface area contributed by atoms with Gasteiger partial charge in [0.2, 0.25) is 5.95 Å². The Morgan fingerprint density at radius 1 is 1.36 bits per heavy atom. The normalized spacial score (nSPS) is 11.6. The molecule has 0 aliphatic rings. The minimum atomic E-state index is -3.21. The van der Waals surface area contributed by atoms with E-state index in [1.54, 1.807) is 0 Å². The average Bonchev–Trinajstić information content (AvgIpc) is 1.86. The lowest BCUT2D eigenvalue weighted by atomic mass is 10.5. The van der Waals surface area contributed by atoms with Crippen molar-refractivity contribution < 1.29 is 13.2 Å². The molecular formula is C5H4F3N2P. The number of hydrogen-bond donors (Lipinski definition) is 0. The first-order valence-corrected chi connectivity index (χ1v) is 3.22. The van der Waals surface area contributed by atoms with Gasteiger partial charge >= 0.3 is 5.66 Å². The molecule has 0 saturated heterocycles. The zero-order valence-electron chi connectivity index (χ0n) is 5.26. The molecule has 0 aliphatic carbocycles. The number of alkyl halides is 2. The summed E-state index contributed by atoms with van der Waals surface area (Å²) < 4.78 is 36.8. The van der Waals surface area contributed by atoms with E-state index in [2.05, 4.69) is 9.97 Å².